The van der Waals surface area contributed by atoms with Gasteiger partial charge in [-0.25, -0.2) is 0 Å². The average molecular weight is 431 g/mol. The minimum atomic E-state index is 0.111. The quantitative estimate of drug-likeness (QED) is 0.257. The molecule has 0 aromatic heterocycles. The summed E-state index contributed by atoms with van der Waals surface area (Å²) in [6.45, 7) is 15.5. The largest absolute Gasteiger partial charge is 0.464 e. The Morgan fingerprint density at radius 1 is 1.16 bits per heavy atom. The van der Waals surface area contributed by atoms with Gasteiger partial charge < -0.3 is 4.74 Å². The van der Waals surface area contributed by atoms with Crippen LogP contribution < -0.4 is 0 Å². The van der Waals surface area contributed by atoms with Crippen molar-refractivity contribution in [2.45, 2.75) is 125 Å². The molecule has 3 aliphatic rings. The zero-order valence-corrected chi connectivity index (χ0v) is 21.4. The van der Waals surface area contributed by atoms with E-state index in [1.54, 1.807) is 5.57 Å². The molecule has 0 radical (unpaired) electrons. The summed E-state index contributed by atoms with van der Waals surface area (Å²) in [4.78, 5) is 10.9. The summed E-state index contributed by atoms with van der Waals surface area (Å²) in [5.41, 5.74) is 2.45. The number of hydrogen-bond donors (Lipinski definition) is 0. The molecule has 0 N–H and O–H groups in total. The first-order valence-corrected chi connectivity index (χ1v) is 13.5. The van der Waals surface area contributed by atoms with Crippen molar-refractivity contribution in [1.29, 1.82) is 0 Å². The number of ether oxygens (including phenoxy) is 1. The van der Waals surface area contributed by atoms with Crippen molar-refractivity contribution in [2.75, 3.05) is 0 Å². The molecule has 7 atom stereocenters. The number of fused-ring (bicyclic) bond motifs is 3. The minimum absolute atomic E-state index is 0.111. The van der Waals surface area contributed by atoms with Gasteiger partial charge in [0.1, 0.15) is 6.10 Å². The highest BCUT2D eigenvalue weighted by atomic mass is 16.5. The lowest BCUT2D eigenvalue weighted by atomic mass is 9.46. The lowest BCUT2D eigenvalue weighted by Gasteiger charge is -2.59. The normalized spacial score (nSPS) is 38.7. The molecule has 0 spiro atoms. The standard InChI is InChI=1S/C29H50O2/c1-7-9-26-25-13-12-23-18-24(31-20-30)14-17-29(23,6)27(25)15-16-28(26,5)19-22(4)11-8-10-21(2)3/h12,20-22,24-27H,7-11,13-19H2,1-6H3. The summed E-state index contributed by atoms with van der Waals surface area (Å²) in [5.74, 6) is 4.22. The van der Waals surface area contributed by atoms with E-state index in [1.807, 2.05) is 0 Å². The molecule has 2 saturated carbocycles. The first-order valence-electron chi connectivity index (χ1n) is 13.5. The molecular formula is C29H50O2. The number of carbonyl (C=O) groups is 1. The summed E-state index contributed by atoms with van der Waals surface area (Å²) in [6.07, 6.45) is 18.3. The van der Waals surface area contributed by atoms with Gasteiger partial charge in [0.2, 0.25) is 0 Å². The molecule has 0 bridgehead atoms. The predicted octanol–water partition coefficient (Wildman–Crippen LogP) is 8.35. The Morgan fingerprint density at radius 2 is 1.94 bits per heavy atom. The van der Waals surface area contributed by atoms with E-state index in [2.05, 4.69) is 47.6 Å². The first kappa shape index (κ1) is 24.8. The average Bonchev–Trinajstić information content (AvgIpc) is 2.70. The maximum absolute atomic E-state index is 10.9. The van der Waals surface area contributed by atoms with E-state index in [-0.39, 0.29) is 6.10 Å². The Balaban J connectivity index is 1.74. The Labute approximate surface area is 193 Å². The summed E-state index contributed by atoms with van der Waals surface area (Å²) in [7, 11) is 0. The fourth-order valence-electron chi connectivity index (χ4n) is 8.12. The highest BCUT2D eigenvalue weighted by Crippen LogP contribution is 2.63. The number of allylic oxidation sites excluding steroid dienone is 1. The Hall–Kier alpha value is -0.790. The second-order valence-electron chi connectivity index (χ2n) is 12.5. The zero-order chi connectivity index (χ0) is 22.6. The van der Waals surface area contributed by atoms with Crippen molar-refractivity contribution in [3.8, 4) is 0 Å². The third-order valence-electron chi connectivity index (χ3n) is 9.72. The number of hydrogen-bond acceptors (Lipinski definition) is 2. The molecule has 0 heterocycles. The van der Waals surface area contributed by atoms with E-state index in [0.29, 0.717) is 17.3 Å². The van der Waals surface area contributed by atoms with Crippen LogP contribution in [0.15, 0.2) is 11.6 Å². The highest BCUT2D eigenvalue weighted by molar-refractivity contribution is 5.38. The summed E-state index contributed by atoms with van der Waals surface area (Å²) >= 11 is 0. The van der Waals surface area contributed by atoms with Gasteiger partial charge in [-0.3, -0.25) is 4.79 Å². The van der Waals surface area contributed by atoms with Gasteiger partial charge in [0.15, 0.2) is 0 Å². The molecule has 2 heteroatoms. The maximum atomic E-state index is 10.9. The molecule has 2 nitrogen and oxygen atoms in total. The predicted molar refractivity (Wildman–Crippen MR) is 131 cm³/mol. The number of rotatable bonds is 10. The van der Waals surface area contributed by atoms with Gasteiger partial charge in [0.25, 0.3) is 6.47 Å². The second kappa shape index (κ2) is 10.4. The first-order chi connectivity index (χ1) is 14.7. The van der Waals surface area contributed by atoms with Crippen LogP contribution in [0.25, 0.3) is 0 Å². The molecule has 0 amide bonds. The van der Waals surface area contributed by atoms with Gasteiger partial charge in [-0.15, -0.1) is 0 Å². The summed E-state index contributed by atoms with van der Waals surface area (Å²) < 4.78 is 5.37. The van der Waals surface area contributed by atoms with Crippen LogP contribution >= 0.6 is 0 Å². The lowest BCUT2D eigenvalue weighted by Crippen LogP contribution is -2.51. The van der Waals surface area contributed by atoms with Crippen molar-refractivity contribution < 1.29 is 9.53 Å². The lowest BCUT2D eigenvalue weighted by molar-refractivity contribution is -0.136. The Bertz CT molecular complexity index is 622. The Morgan fingerprint density at radius 3 is 2.61 bits per heavy atom. The smallest absolute Gasteiger partial charge is 0.293 e. The van der Waals surface area contributed by atoms with Crippen LogP contribution in [-0.2, 0) is 9.53 Å². The van der Waals surface area contributed by atoms with Gasteiger partial charge in [0, 0.05) is 6.42 Å². The van der Waals surface area contributed by atoms with Crippen LogP contribution in [-0.4, -0.2) is 12.6 Å². The van der Waals surface area contributed by atoms with Crippen molar-refractivity contribution >= 4 is 6.47 Å². The van der Waals surface area contributed by atoms with E-state index in [4.69, 9.17) is 4.74 Å². The molecule has 2 fully saturated rings. The monoisotopic (exact) mass is 430 g/mol. The topological polar surface area (TPSA) is 26.3 Å². The van der Waals surface area contributed by atoms with E-state index in [1.165, 1.54) is 64.2 Å². The third kappa shape index (κ3) is 5.41. The van der Waals surface area contributed by atoms with Gasteiger partial charge in [0.05, 0.1) is 0 Å². The molecule has 0 aromatic rings. The molecule has 3 rings (SSSR count). The fraction of sp³-hybridized carbons (Fsp3) is 0.897. The molecule has 3 aliphatic carbocycles. The maximum Gasteiger partial charge on any atom is 0.293 e. The van der Waals surface area contributed by atoms with E-state index >= 15 is 0 Å². The molecule has 178 valence electrons. The van der Waals surface area contributed by atoms with Crippen LogP contribution in [0.2, 0.25) is 0 Å². The van der Waals surface area contributed by atoms with Crippen molar-refractivity contribution in [1.82, 2.24) is 0 Å². The van der Waals surface area contributed by atoms with Crippen molar-refractivity contribution in [3.63, 3.8) is 0 Å². The molecule has 0 aliphatic heterocycles. The van der Waals surface area contributed by atoms with Crippen LogP contribution in [0.4, 0.5) is 0 Å². The minimum Gasteiger partial charge on any atom is -0.464 e. The van der Waals surface area contributed by atoms with Crippen LogP contribution in [0, 0.1) is 40.4 Å². The van der Waals surface area contributed by atoms with E-state index in [0.717, 1.165) is 42.4 Å². The molecular weight excluding hydrogens is 380 g/mol. The fourth-order valence-corrected chi connectivity index (χ4v) is 8.12. The van der Waals surface area contributed by atoms with Gasteiger partial charge in [-0.1, -0.05) is 78.9 Å². The third-order valence-corrected chi connectivity index (χ3v) is 9.72. The summed E-state index contributed by atoms with van der Waals surface area (Å²) in [5, 5.41) is 0. The highest BCUT2D eigenvalue weighted by Gasteiger charge is 2.54. The molecule has 7 unspecified atom stereocenters. The van der Waals surface area contributed by atoms with Crippen molar-refractivity contribution in [3.05, 3.63) is 11.6 Å². The Kier molecular flexibility index (Phi) is 8.36. The SMILES string of the molecule is CCCC1C2CC=C3CC(OC=O)CCC3(C)C2CCC1(C)CC(C)CCCC(C)C. The van der Waals surface area contributed by atoms with Gasteiger partial charge >= 0.3 is 0 Å². The van der Waals surface area contributed by atoms with Crippen molar-refractivity contribution in [2.24, 2.45) is 40.4 Å². The van der Waals surface area contributed by atoms with E-state index < -0.39 is 0 Å². The van der Waals surface area contributed by atoms with E-state index in [9.17, 15) is 4.79 Å². The second-order valence-corrected chi connectivity index (χ2v) is 12.5. The van der Waals surface area contributed by atoms with Gasteiger partial charge in [-0.05, 0) is 85.4 Å². The number of carbonyl (C=O) groups excluding carboxylic acids is 1. The van der Waals surface area contributed by atoms with Crippen LogP contribution in [0.1, 0.15) is 119 Å². The molecule has 0 saturated heterocycles. The zero-order valence-electron chi connectivity index (χ0n) is 21.4. The van der Waals surface area contributed by atoms with Crippen LogP contribution in [0.5, 0.6) is 0 Å². The molecule has 31 heavy (non-hydrogen) atoms. The van der Waals surface area contributed by atoms with Gasteiger partial charge in [-0.2, -0.15) is 0 Å². The van der Waals surface area contributed by atoms with Crippen LogP contribution in [0.3, 0.4) is 0 Å². The summed E-state index contributed by atoms with van der Waals surface area (Å²) in [6, 6.07) is 0. The molecule has 0 aromatic carbocycles.